The summed E-state index contributed by atoms with van der Waals surface area (Å²) in [6.45, 7) is 1.02. The van der Waals surface area contributed by atoms with E-state index in [4.69, 9.17) is 24.1 Å². The summed E-state index contributed by atoms with van der Waals surface area (Å²) in [7, 11) is 0. The van der Waals surface area contributed by atoms with E-state index in [2.05, 4.69) is 17.4 Å². The average Bonchev–Trinajstić information content (AvgIpc) is 3.13. The van der Waals surface area contributed by atoms with Crippen LogP contribution in [0.5, 0.6) is 5.75 Å². The molecule has 206 valence electrons. The van der Waals surface area contributed by atoms with Crippen molar-refractivity contribution in [1.82, 2.24) is 5.32 Å². The smallest absolute Gasteiger partial charge is 0.475 e. The van der Waals surface area contributed by atoms with Crippen molar-refractivity contribution < 1.29 is 42.1 Å². The molecule has 10 heteroatoms. The van der Waals surface area contributed by atoms with Gasteiger partial charge in [0.2, 0.25) is 6.79 Å². The number of fused-ring (bicyclic) bond motifs is 1. The molecule has 1 saturated heterocycles. The van der Waals surface area contributed by atoms with Crippen LogP contribution in [0.4, 0.5) is 18.0 Å². The highest BCUT2D eigenvalue weighted by molar-refractivity contribution is 5.73. The van der Waals surface area contributed by atoms with Crippen LogP contribution in [0.1, 0.15) is 81.8 Å². The second-order valence-corrected chi connectivity index (χ2v) is 10.5. The van der Waals surface area contributed by atoms with Gasteiger partial charge in [-0.05, 0) is 87.1 Å². The predicted octanol–water partition coefficient (Wildman–Crippen LogP) is 5.88. The normalized spacial score (nSPS) is 27.3. The van der Waals surface area contributed by atoms with E-state index in [1.807, 2.05) is 6.07 Å². The number of alkyl halides is 3. The van der Waals surface area contributed by atoms with Gasteiger partial charge < -0.3 is 24.6 Å². The lowest BCUT2D eigenvalue weighted by atomic mass is 9.53. The van der Waals surface area contributed by atoms with E-state index in [1.54, 1.807) is 0 Å². The van der Waals surface area contributed by atoms with Crippen LogP contribution in [0, 0.1) is 5.92 Å². The molecule has 1 aromatic carbocycles. The van der Waals surface area contributed by atoms with Gasteiger partial charge in [-0.2, -0.15) is 13.2 Å². The molecule has 0 amide bonds. The van der Waals surface area contributed by atoms with Crippen molar-refractivity contribution in [2.75, 3.05) is 13.3 Å². The topological polar surface area (TPSA) is 94.1 Å². The first kappa shape index (κ1) is 27.5. The molecule has 0 radical (unpaired) electrons. The van der Waals surface area contributed by atoms with Gasteiger partial charge in [0.05, 0.1) is 0 Å². The second-order valence-electron chi connectivity index (χ2n) is 10.5. The first-order chi connectivity index (χ1) is 17.7. The lowest BCUT2D eigenvalue weighted by Crippen LogP contribution is -2.59. The number of ether oxygens (including phenoxy) is 3. The number of rotatable bonds is 4. The molecule has 1 aromatic rings. The monoisotopic (exact) mass is 527 g/mol. The first-order valence-corrected chi connectivity index (χ1v) is 13.3. The maximum absolute atomic E-state index is 12.0. The Morgan fingerprint density at radius 1 is 1.03 bits per heavy atom. The Bertz CT molecular complexity index is 943. The van der Waals surface area contributed by atoms with Crippen LogP contribution in [0.2, 0.25) is 0 Å². The number of carbonyl (C=O) groups is 2. The predicted molar refractivity (Wildman–Crippen MR) is 128 cm³/mol. The molecule has 3 fully saturated rings. The molecule has 1 heterocycles. The van der Waals surface area contributed by atoms with Crippen molar-refractivity contribution in [3.8, 4) is 5.75 Å². The highest BCUT2D eigenvalue weighted by Gasteiger charge is 2.51. The van der Waals surface area contributed by atoms with E-state index in [0.717, 1.165) is 50.3 Å². The van der Waals surface area contributed by atoms with Crippen LogP contribution in [0.3, 0.4) is 0 Å². The van der Waals surface area contributed by atoms with Gasteiger partial charge in [-0.3, -0.25) is 0 Å². The molecule has 2 N–H and O–H groups in total. The summed E-state index contributed by atoms with van der Waals surface area (Å²) >= 11 is 0. The van der Waals surface area contributed by atoms with Crippen LogP contribution >= 0.6 is 0 Å². The van der Waals surface area contributed by atoms with E-state index < -0.39 is 18.3 Å². The lowest BCUT2D eigenvalue weighted by Gasteiger charge is -2.56. The highest BCUT2D eigenvalue weighted by atomic mass is 19.4. The quantitative estimate of drug-likeness (QED) is 0.287. The van der Waals surface area contributed by atoms with Gasteiger partial charge in [-0.1, -0.05) is 31.7 Å². The second kappa shape index (κ2) is 11.9. The Kier molecular flexibility index (Phi) is 8.87. The third-order valence-electron chi connectivity index (χ3n) is 8.33. The average molecular weight is 528 g/mol. The van der Waals surface area contributed by atoms with E-state index in [0.29, 0.717) is 11.5 Å². The number of hydrogen-bond acceptors (Lipinski definition) is 6. The summed E-state index contributed by atoms with van der Waals surface area (Å²) < 4.78 is 48.3. The molecule has 2 bridgehead atoms. The van der Waals surface area contributed by atoms with Gasteiger partial charge in [0, 0.05) is 11.5 Å². The van der Waals surface area contributed by atoms with Gasteiger partial charge >= 0.3 is 18.3 Å². The highest BCUT2D eigenvalue weighted by Crippen LogP contribution is 2.54. The van der Waals surface area contributed by atoms with Crippen LogP contribution in [0.15, 0.2) is 18.2 Å². The van der Waals surface area contributed by atoms with Gasteiger partial charge in [0.1, 0.15) is 11.9 Å². The number of carboxylic acids is 1. The minimum atomic E-state index is -5.08. The van der Waals surface area contributed by atoms with Crippen molar-refractivity contribution in [1.29, 1.82) is 0 Å². The molecular formula is C27H36F3NO6. The number of benzene rings is 1. The maximum Gasteiger partial charge on any atom is 0.511 e. The number of nitrogens with one attached hydrogen (secondary N) is 1. The number of carboxylic acid groups (broad SMARTS) is 1. The zero-order valence-corrected chi connectivity index (χ0v) is 21.0. The summed E-state index contributed by atoms with van der Waals surface area (Å²) in [6, 6.07) is 7.10. The Labute approximate surface area is 215 Å². The Morgan fingerprint density at radius 3 is 2.43 bits per heavy atom. The van der Waals surface area contributed by atoms with Gasteiger partial charge in [-0.15, -0.1) is 0 Å². The fourth-order valence-electron chi connectivity index (χ4n) is 6.67. The summed E-state index contributed by atoms with van der Waals surface area (Å²) in [5.74, 6) is -1.22. The third kappa shape index (κ3) is 6.69. The van der Waals surface area contributed by atoms with Gasteiger partial charge in [-0.25, -0.2) is 9.59 Å². The molecule has 3 atom stereocenters. The molecule has 7 nitrogen and oxygen atoms in total. The Balaban J connectivity index is 0.000000405. The fraction of sp³-hybridized carbons (Fsp3) is 0.704. The number of hydrogen-bond donors (Lipinski definition) is 2. The van der Waals surface area contributed by atoms with Crippen LogP contribution in [-0.4, -0.2) is 48.9 Å². The number of aliphatic carboxylic acids is 1. The van der Waals surface area contributed by atoms with E-state index in [9.17, 15) is 18.0 Å². The third-order valence-corrected chi connectivity index (χ3v) is 8.33. The molecule has 0 unspecified atom stereocenters. The van der Waals surface area contributed by atoms with E-state index in [-0.39, 0.29) is 12.9 Å². The van der Waals surface area contributed by atoms with Crippen molar-refractivity contribution in [3.63, 3.8) is 0 Å². The largest absolute Gasteiger partial charge is 0.511 e. The summed E-state index contributed by atoms with van der Waals surface area (Å²) in [5, 5.41) is 10.9. The zero-order valence-electron chi connectivity index (χ0n) is 21.0. The van der Waals surface area contributed by atoms with Crippen molar-refractivity contribution >= 4 is 12.1 Å². The molecule has 0 aromatic heterocycles. The van der Waals surface area contributed by atoms with Crippen molar-refractivity contribution in [2.24, 2.45) is 5.92 Å². The summed E-state index contributed by atoms with van der Waals surface area (Å²) in [6.07, 6.45) is 8.55. The number of carbonyl (C=O) groups excluding carboxylic acids is 1. The lowest BCUT2D eigenvalue weighted by molar-refractivity contribution is -0.192. The maximum atomic E-state index is 12.0. The Morgan fingerprint density at radius 2 is 1.73 bits per heavy atom. The summed E-state index contributed by atoms with van der Waals surface area (Å²) in [4.78, 5) is 20.9. The molecule has 3 aliphatic carbocycles. The molecular weight excluding hydrogens is 491 g/mol. The van der Waals surface area contributed by atoms with Crippen LogP contribution < -0.4 is 10.1 Å². The minimum Gasteiger partial charge on any atom is -0.475 e. The molecule has 2 saturated carbocycles. The molecule has 4 aliphatic rings. The van der Waals surface area contributed by atoms with Crippen LogP contribution in [-0.2, 0) is 26.1 Å². The van der Waals surface area contributed by atoms with E-state index >= 15 is 0 Å². The van der Waals surface area contributed by atoms with Gasteiger partial charge in [0.15, 0.2) is 0 Å². The Hall–Kier alpha value is -2.49. The minimum absolute atomic E-state index is 0.000985. The standard InChI is InChI=1S/C25H35NO4.C2HF3O2/c27-24(30-19-7-3-1-2-4-8-19)29-17-28-20-11-10-18-15-23-21-9-5-6-12-25(21,13-14-26-23)22(18)16-20;3-2(4,5)1(6)7/h10-11,16,19,21,23,26H,1-9,12-15,17H2;(H,6,7)/t21-,23-,25+;/m1./s1. The summed E-state index contributed by atoms with van der Waals surface area (Å²) in [5.41, 5.74) is 3.26. The molecule has 37 heavy (non-hydrogen) atoms. The SMILES string of the molecule is O=C(O)C(F)(F)F.O=C(OCOc1ccc2c(c1)[C@]13CCCC[C@@H]1[C@@H](C2)NCC3)OC1CCCCCC1. The number of halogens is 3. The van der Waals surface area contributed by atoms with Crippen LogP contribution in [0.25, 0.3) is 0 Å². The molecule has 5 rings (SSSR count). The molecule has 0 spiro atoms. The van der Waals surface area contributed by atoms with E-state index in [1.165, 1.54) is 56.1 Å². The number of piperidine rings is 1. The first-order valence-electron chi connectivity index (χ1n) is 13.3. The zero-order chi connectivity index (χ0) is 26.5. The molecule has 1 aliphatic heterocycles. The van der Waals surface area contributed by atoms with Crippen molar-refractivity contribution in [3.05, 3.63) is 29.3 Å². The van der Waals surface area contributed by atoms with Crippen molar-refractivity contribution in [2.45, 2.75) is 101 Å². The van der Waals surface area contributed by atoms with Gasteiger partial charge in [0.25, 0.3) is 0 Å². The fourth-order valence-corrected chi connectivity index (χ4v) is 6.67.